The quantitative estimate of drug-likeness (QED) is 0.231. The van der Waals surface area contributed by atoms with Crippen molar-refractivity contribution >= 4 is 23.1 Å². The Kier molecular flexibility index (Phi) is 6.59. The summed E-state index contributed by atoms with van der Waals surface area (Å²) >= 11 is 5.95. The second kappa shape index (κ2) is 8.89. The van der Waals surface area contributed by atoms with Crippen LogP contribution in [0.15, 0.2) is 42.5 Å². The fourth-order valence-electron chi connectivity index (χ4n) is 2.03. The molecular formula is C17H18ClN3O4. The summed E-state index contributed by atoms with van der Waals surface area (Å²) in [6.45, 7) is 0.959. The Morgan fingerprint density at radius 2 is 1.76 bits per heavy atom. The molecule has 0 aliphatic carbocycles. The van der Waals surface area contributed by atoms with Crippen LogP contribution < -0.4 is 15.2 Å². The molecule has 0 aliphatic heterocycles. The highest BCUT2D eigenvalue weighted by Gasteiger charge is 2.10. The van der Waals surface area contributed by atoms with Crippen molar-refractivity contribution in [1.29, 1.82) is 5.41 Å². The molecule has 0 spiro atoms. The number of hydrogen-bond acceptors (Lipinski definition) is 5. The van der Waals surface area contributed by atoms with Gasteiger partial charge in [0.05, 0.1) is 23.2 Å². The number of non-ortho nitro benzene ring substituents is 1. The molecule has 2 rings (SSSR count). The third-order valence-electron chi connectivity index (χ3n) is 3.36. The number of rotatable bonds is 9. The Balaban J connectivity index is 1.68. The first-order valence-corrected chi connectivity index (χ1v) is 7.99. The van der Waals surface area contributed by atoms with E-state index in [0.717, 1.165) is 12.8 Å². The summed E-state index contributed by atoms with van der Waals surface area (Å²) in [7, 11) is 0. The number of hydrogen-bond donors (Lipinski definition) is 2. The maximum absolute atomic E-state index is 10.6. The Labute approximate surface area is 150 Å². The van der Waals surface area contributed by atoms with Gasteiger partial charge in [-0.1, -0.05) is 11.6 Å². The number of nitrogen functional groups attached to an aromatic ring is 1. The van der Waals surface area contributed by atoms with Crippen LogP contribution in [0.4, 0.5) is 5.69 Å². The first-order chi connectivity index (χ1) is 12.0. The number of nitrogens with two attached hydrogens (primary N) is 1. The Bertz CT molecular complexity index is 750. The van der Waals surface area contributed by atoms with Crippen molar-refractivity contribution in [3.8, 4) is 11.5 Å². The third kappa shape index (κ3) is 5.65. The zero-order valence-electron chi connectivity index (χ0n) is 13.4. The van der Waals surface area contributed by atoms with E-state index in [1.165, 1.54) is 18.2 Å². The maximum Gasteiger partial charge on any atom is 0.271 e. The van der Waals surface area contributed by atoms with Crippen LogP contribution in [0.25, 0.3) is 0 Å². The molecular weight excluding hydrogens is 346 g/mol. The molecule has 0 heterocycles. The van der Waals surface area contributed by atoms with Crippen molar-refractivity contribution in [1.82, 2.24) is 0 Å². The number of nitrogens with zero attached hydrogens (tertiary/aromatic N) is 1. The standard InChI is InChI=1S/C17H18ClN3O4/c18-15-11-13(21(22)23)5-8-16(15)25-10-2-1-9-24-14-6-3-12(4-7-14)17(19)20/h3-8,11H,1-2,9-10H2,(H3,19,20). The number of amidine groups is 1. The fraction of sp³-hybridized carbons (Fsp3) is 0.235. The minimum atomic E-state index is -0.504. The Morgan fingerprint density at radius 1 is 1.12 bits per heavy atom. The van der Waals surface area contributed by atoms with Crippen LogP contribution in [0, 0.1) is 15.5 Å². The largest absolute Gasteiger partial charge is 0.494 e. The number of unbranched alkanes of at least 4 members (excludes halogenated alkanes) is 1. The van der Waals surface area contributed by atoms with E-state index in [4.69, 9.17) is 32.2 Å². The van der Waals surface area contributed by atoms with E-state index in [9.17, 15) is 10.1 Å². The topological polar surface area (TPSA) is 111 Å². The second-order valence-electron chi connectivity index (χ2n) is 5.21. The van der Waals surface area contributed by atoms with Gasteiger partial charge in [0.2, 0.25) is 0 Å². The zero-order valence-corrected chi connectivity index (χ0v) is 14.2. The SMILES string of the molecule is N=C(N)c1ccc(OCCCCOc2ccc([N+](=O)[O-])cc2Cl)cc1. The van der Waals surface area contributed by atoms with Crippen LogP contribution in [0.2, 0.25) is 5.02 Å². The van der Waals surface area contributed by atoms with Crippen LogP contribution >= 0.6 is 11.6 Å². The van der Waals surface area contributed by atoms with E-state index in [-0.39, 0.29) is 16.5 Å². The van der Waals surface area contributed by atoms with E-state index in [2.05, 4.69) is 0 Å². The normalized spacial score (nSPS) is 10.3. The van der Waals surface area contributed by atoms with Crippen molar-refractivity contribution in [2.75, 3.05) is 13.2 Å². The average molecular weight is 364 g/mol. The number of nitro benzene ring substituents is 1. The molecule has 2 aromatic carbocycles. The second-order valence-corrected chi connectivity index (χ2v) is 5.62. The van der Waals surface area contributed by atoms with Crippen LogP contribution in [0.5, 0.6) is 11.5 Å². The number of nitro groups is 1. The highest BCUT2D eigenvalue weighted by atomic mass is 35.5. The molecule has 0 bridgehead atoms. The molecule has 0 aliphatic rings. The van der Waals surface area contributed by atoms with Gasteiger partial charge in [-0.15, -0.1) is 0 Å². The lowest BCUT2D eigenvalue weighted by atomic mass is 10.2. The van der Waals surface area contributed by atoms with Crippen molar-refractivity contribution in [2.24, 2.45) is 5.73 Å². The molecule has 0 fully saturated rings. The molecule has 0 aromatic heterocycles. The van der Waals surface area contributed by atoms with Crippen LogP contribution in [0.1, 0.15) is 18.4 Å². The van der Waals surface area contributed by atoms with Gasteiger partial charge in [0.1, 0.15) is 17.3 Å². The molecule has 0 saturated carbocycles. The summed E-state index contributed by atoms with van der Waals surface area (Å²) in [6, 6.07) is 11.1. The third-order valence-corrected chi connectivity index (χ3v) is 3.65. The lowest BCUT2D eigenvalue weighted by molar-refractivity contribution is -0.384. The molecule has 25 heavy (non-hydrogen) atoms. The summed E-state index contributed by atoms with van der Waals surface area (Å²) in [6.07, 6.45) is 1.53. The number of halogens is 1. The monoisotopic (exact) mass is 363 g/mol. The van der Waals surface area contributed by atoms with E-state index in [0.29, 0.717) is 30.3 Å². The molecule has 8 heteroatoms. The van der Waals surface area contributed by atoms with Gasteiger partial charge < -0.3 is 15.2 Å². The molecule has 2 aromatic rings. The maximum atomic E-state index is 10.6. The van der Waals surface area contributed by atoms with Gasteiger partial charge in [0, 0.05) is 17.7 Å². The molecule has 132 valence electrons. The number of ether oxygens (including phenoxy) is 2. The number of nitrogens with one attached hydrogen (secondary N) is 1. The van der Waals surface area contributed by atoms with Crippen molar-refractivity contribution < 1.29 is 14.4 Å². The molecule has 0 atom stereocenters. The molecule has 0 saturated heterocycles. The molecule has 0 amide bonds. The first-order valence-electron chi connectivity index (χ1n) is 7.61. The van der Waals surface area contributed by atoms with Crippen molar-refractivity contribution in [3.05, 3.63) is 63.2 Å². The van der Waals surface area contributed by atoms with Gasteiger partial charge in [-0.25, -0.2) is 0 Å². The van der Waals surface area contributed by atoms with Crippen LogP contribution in [-0.2, 0) is 0 Å². The highest BCUT2D eigenvalue weighted by molar-refractivity contribution is 6.32. The summed E-state index contributed by atoms with van der Waals surface area (Å²) in [5, 5.41) is 18.2. The van der Waals surface area contributed by atoms with Gasteiger partial charge in [-0.2, -0.15) is 0 Å². The summed E-state index contributed by atoms with van der Waals surface area (Å²) in [4.78, 5) is 10.1. The van der Waals surface area contributed by atoms with Gasteiger partial charge in [0.25, 0.3) is 5.69 Å². The molecule has 0 unspecified atom stereocenters. The van der Waals surface area contributed by atoms with E-state index in [1.807, 2.05) is 0 Å². The lowest BCUT2D eigenvalue weighted by Gasteiger charge is -2.09. The first kappa shape index (κ1) is 18.5. The predicted octanol–water partition coefficient (Wildman–Crippen LogP) is 3.77. The summed E-state index contributed by atoms with van der Waals surface area (Å²) in [5.74, 6) is 1.16. The van der Waals surface area contributed by atoms with Gasteiger partial charge in [-0.3, -0.25) is 15.5 Å². The number of benzene rings is 2. The smallest absolute Gasteiger partial charge is 0.271 e. The van der Waals surface area contributed by atoms with E-state index in [1.54, 1.807) is 24.3 Å². The summed E-state index contributed by atoms with van der Waals surface area (Å²) in [5.41, 5.74) is 5.97. The minimum absolute atomic E-state index is 0.0219. The fourth-order valence-corrected chi connectivity index (χ4v) is 2.26. The zero-order chi connectivity index (χ0) is 18.2. The Hall–Kier alpha value is -2.80. The Morgan fingerprint density at radius 3 is 2.32 bits per heavy atom. The highest BCUT2D eigenvalue weighted by Crippen LogP contribution is 2.28. The summed E-state index contributed by atoms with van der Waals surface area (Å²) < 4.78 is 11.1. The minimum Gasteiger partial charge on any atom is -0.494 e. The van der Waals surface area contributed by atoms with Crippen LogP contribution in [0.3, 0.4) is 0 Å². The van der Waals surface area contributed by atoms with E-state index < -0.39 is 4.92 Å². The average Bonchev–Trinajstić information content (AvgIpc) is 2.59. The predicted molar refractivity (Wildman–Crippen MR) is 95.8 cm³/mol. The lowest BCUT2D eigenvalue weighted by Crippen LogP contribution is -2.10. The van der Waals surface area contributed by atoms with Crippen molar-refractivity contribution in [2.45, 2.75) is 12.8 Å². The van der Waals surface area contributed by atoms with Gasteiger partial charge >= 0.3 is 0 Å². The molecule has 3 N–H and O–H groups in total. The molecule has 7 nitrogen and oxygen atoms in total. The van der Waals surface area contributed by atoms with Crippen LogP contribution in [-0.4, -0.2) is 24.0 Å². The van der Waals surface area contributed by atoms with Gasteiger partial charge in [0.15, 0.2) is 0 Å². The van der Waals surface area contributed by atoms with Gasteiger partial charge in [-0.05, 0) is 43.2 Å². The molecule has 0 radical (unpaired) electrons. The van der Waals surface area contributed by atoms with E-state index >= 15 is 0 Å². The van der Waals surface area contributed by atoms with Crippen molar-refractivity contribution in [3.63, 3.8) is 0 Å².